The van der Waals surface area contributed by atoms with E-state index in [1.54, 1.807) is 24.3 Å². The Labute approximate surface area is 114 Å². The Morgan fingerprint density at radius 2 is 1.95 bits per heavy atom. The monoisotopic (exact) mass is 280 g/mol. The number of hydrogen-bond donors (Lipinski definition) is 0. The van der Waals surface area contributed by atoms with Crippen molar-refractivity contribution < 1.29 is 19.5 Å². The highest BCUT2D eigenvalue weighted by Gasteiger charge is 2.38. The maximum Gasteiger partial charge on any atom is 0.233 e. The van der Waals surface area contributed by atoms with Crippen LogP contribution in [0, 0.1) is 5.92 Å². The molecule has 1 fully saturated rings. The van der Waals surface area contributed by atoms with E-state index in [0.717, 1.165) is 10.5 Å². The molecule has 2 rings (SSSR count). The predicted octanol–water partition coefficient (Wildman–Crippen LogP) is 0.00750. The van der Waals surface area contributed by atoms with Crippen LogP contribution in [0.15, 0.2) is 24.3 Å². The summed E-state index contributed by atoms with van der Waals surface area (Å²) in [5.74, 6) is -2.86. The summed E-state index contributed by atoms with van der Waals surface area (Å²) in [6.45, 7) is -0.672. The van der Waals surface area contributed by atoms with Crippen LogP contribution in [0.25, 0.3) is 0 Å². The van der Waals surface area contributed by atoms with Gasteiger partial charge in [-0.3, -0.25) is 14.5 Å². The molecule has 19 heavy (non-hydrogen) atoms. The smallest absolute Gasteiger partial charge is 0.233 e. The molecule has 0 saturated carbocycles. The molecule has 0 radical (unpaired) electrons. The number of hydrogen-bond acceptors (Lipinski definition) is 4. The molecular weight excluding hydrogens is 270 g/mol. The van der Waals surface area contributed by atoms with Gasteiger partial charge in [0.25, 0.3) is 0 Å². The number of likely N-dealkylation sites (tertiary alicyclic amines) is 1. The molecule has 1 heterocycles. The molecular formula is C13H11ClNO4-. The number of nitrogens with zero attached hydrogens (tertiary/aromatic N) is 1. The summed E-state index contributed by atoms with van der Waals surface area (Å²) in [4.78, 5) is 34.7. The van der Waals surface area contributed by atoms with E-state index >= 15 is 0 Å². The van der Waals surface area contributed by atoms with E-state index in [1.807, 2.05) is 0 Å². The summed E-state index contributed by atoms with van der Waals surface area (Å²) in [5.41, 5.74) is 0.880. The van der Waals surface area contributed by atoms with E-state index < -0.39 is 30.2 Å². The Bertz CT molecular complexity index is 526. The molecule has 1 atom stereocenters. The zero-order valence-electron chi connectivity index (χ0n) is 9.97. The molecule has 0 unspecified atom stereocenters. The van der Waals surface area contributed by atoms with Crippen LogP contribution in [0.4, 0.5) is 0 Å². The van der Waals surface area contributed by atoms with Crippen LogP contribution in [-0.4, -0.2) is 29.2 Å². The standard InChI is InChI=1S/C13H12ClNO4/c14-10-3-1-8(2-4-10)5-9-6-11(16)15(13(9)19)7-12(17)18/h1-4,9H,5-7H2,(H,17,18)/p-1/t9-/m0/s1. The molecule has 100 valence electrons. The third-order valence-electron chi connectivity index (χ3n) is 3.02. The molecule has 1 aliphatic heterocycles. The van der Waals surface area contributed by atoms with Crippen molar-refractivity contribution in [3.05, 3.63) is 34.9 Å². The lowest BCUT2D eigenvalue weighted by atomic mass is 9.98. The van der Waals surface area contributed by atoms with Crippen LogP contribution < -0.4 is 5.11 Å². The van der Waals surface area contributed by atoms with Gasteiger partial charge in [-0.1, -0.05) is 23.7 Å². The molecule has 0 spiro atoms. The van der Waals surface area contributed by atoms with Crippen molar-refractivity contribution in [1.82, 2.24) is 4.90 Å². The van der Waals surface area contributed by atoms with Crippen LogP contribution in [0.3, 0.4) is 0 Å². The second-order valence-corrected chi connectivity index (χ2v) is 4.86. The van der Waals surface area contributed by atoms with Gasteiger partial charge in [0.1, 0.15) is 0 Å². The molecule has 6 heteroatoms. The van der Waals surface area contributed by atoms with Gasteiger partial charge in [0, 0.05) is 11.4 Å². The summed E-state index contributed by atoms with van der Waals surface area (Å²) in [6.07, 6.45) is 0.431. The maximum atomic E-state index is 11.9. The highest BCUT2D eigenvalue weighted by molar-refractivity contribution is 6.30. The van der Waals surface area contributed by atoms with Gasteiger partial charge in [-0.05, 0) is 24.1 Å². The third kappa shape index (κ3) is 3.12. The van der Waals surface area contributed by atoms with Crippen LogP contribution in [-0.2, 0) is 20.8 Å². The van der Waals surface area contributed by atoms with Crippen molar-refractivity contribution in [3.8, 4) is 0 Å². The molecule has 2 amide bonds. The quantitative estimate of drug-likeness (QED) is 0.728. The molecule has 1 aromatic carbocycles. The van der Waals surface area contributed by atoms with Crippen molar-refractivity contribution in [2.75, 3.05) is 6.54 Å². The Morgan fingerprint density at radius 1 is 1.32 bits per heavy atom. The summed E-state index contributed by atoms with van der Waals surface area (Å²) in [7, 11) is 0. The van der Waals surface area contributed by atoms with Crippen molar-refractivity contribution in [2.45, 2.75) is 12.8 Å². The summed E-state index contributed by atoms with van der Waals surface area (Å²) in [5, 5.41) is 11.1. The first-order valence-electron chi connectivity index (χ1n) is 5.76. The van der Waals surface area contributed by atoms with Gasteiger partial charge >= 0.3 is 0 Å². The average molecular weight is 281 g/mol. The predicted molar refractivity (Wildman–Crippen MR) is 65.0 cm³/mol. The highest BCUT2D eigenvalue weighted by Crippen LogP contribution is 2.23. The topological polar surface area (TPSA) is 77.5 Å². The fourth-order valence-corrected chi connectivity index (χ4v) is 2.24. The number of carbonyl (C=O) groups excluding carboxylic acids is 3. The zero-order valence-corrected chi connectivity index (χ0v) is 10.7. The number of imide groups is 1. The van der Waals surface area contributed by atoms with Crippen LogP contribution in [0.5, 0.6) is 0 Å². The number of benzene rings is 1. The normalized spacial score (nSPS) is 19.0. The number of amides is 2. The second-order valence-electron chi connectivity index (χ2n) is 4.42. The van der Waals surface area contributed by atoms with E-state index in [1.165, 1.54) is 0 Å². The number of rotatable bonds is 4. The number of halogens is 1. The van der Waals surface area contributed by atoms with Gasteiger partial charge in [0.15, 0.2) is 0 Å². The molecule has 5 nitrogen and oxygen atoms in total. The van der Waals surface area contributed by atoms with E-state index in [2.05, 4.69) is 0 Å². The fourth-order valence-electron chi connectivity index (χ4n) is 2.11. The summed E-state index contributed by atoms with van der Waals surface area (Å²) >= 11 is 5.76. The minimum atomic E-state index is -1.44. The zero-order chi connectivity index (χ0) is 14.0. The number of carboxylic acids is 1. The van der Waals surface area contributed by atoms with E-state index in [0.29, 0.717) is 11.4 Å². The average Bonchev–Trinajstić information content (AvgIpc) is 2.60. The van der Waals surface area contributed by atoms with Gasteiger partial charge in [-0.15, -0.1) is 0 Å². The van der Waals surface area contributed by atoms with Gasteiger partial charge in [-0.25, -0.2) is 0 Å². The summed E-state index contributed by atoms with van der Waals surface area (Å²) in [6, 6.07) is 6.97. The van der Waals surface area contributed by atoms with Gasteiger partial charge < -0.3 is 9.90 Å². The minimum absolute atomic E-state index is 0.0364. The van der Waals surface area contributed by atoms with Gasteiger partial charge in [0.2, 0.25) is 11.8 Å². The second kappa shape index (κ2) is 5.40. The first kappa shape index (κ1) is 13.5. The Balaban J connectivity index is 2.06. The molecule has 0 bridgehead atoms. The fraction of sp³-hybridized carbons (Fsp3) is 0.308. The molecule has 1 aromatic rings. The van der Waals surface area contributed by atoms with Crippen LogP contribution in [0.1, 0.15) is 12.0 Å². The van der Waals surface area contributed by atoms with Gasteiger partial charge in [0.05, 0.1) is 18.4 Å². The van der Waals surface area contributed by atoms with Crippen molar-refractivity contribution in [1.29, 1.82) is 0 Å². The molecule has 1 aliphatic rings. The molecule has 0 aliphatic carbocycles. The number of aliphatic carboxylic acids is 1. The van der Waals surface area contributed by atoms with E-state index in [4.69, 9.17) is 11.6 Å². The molecule has 1 saturated heterocycles. The van der Waals surface area contributed by atoms with Crippen molar-refractivity contribution >= 4 is 29.4 Å². The molecule has 0 aromatic heterocycles. The number of carboxylic acid groups (broad SMARTS) is 1. The van der Waals surface area contributed by atoms with Crippen LogP contribution >= 0.6 is 11.6 Å². The minimum Gasteiger partial charge on any atom is -0.548 e. The third-order valence-corrected chi connectivity index (χ3v) is 3.27. The van der Waals surface area contributed by atoms with Crippen molar-refractivity contribution in [3.63, 3.8) is 0 Å². The molecule has 0 N–H and O–H groups in total. The maximum absolute atomic E-state index is 11.9. The Morgan fingerprint density at radius 3 is 2.53 bits per heavy atom. The van der Waals surface area contributed by atoms with Gasteiger partial charge in [-0.2, -0.15) is 0 Å². The lowest BCUT2D eigenvalue weighted by Gasteiger charge is -2.15. The first-order valence-corrected chi connectivity index (χ1v) is 6.13. The van der Waals surface area contributed by atoms with E-state index in [9.17, 15) is 19.5 Å². The lowest BCUT2D eigenvalue weighted by molar-refractivity contribution is -0.305. The van der Waals surface area contributed by atoms with E-state index in [-0.39, 0.29) is 6.42 Å². The summed E-state index contributed by atoms with van der Waals surface area (Å²) < 4.78 is 0. The number of carbonyl (C=O) groups is 3. The Kier molecular flexibility index (Phi) is 3.85. The van der Waals surface area contributed by atoms with Crippen LogP contribution in [0.2, 0.25) is 5.02 Å². The lowest BCUT2D eigenvalue weighted by Crippen LogP contribution is -2.41. The van der Waals surface area contributed by atoms with Crippen molar-refractivity contribution in [2.24, 2.45) is 5.92 Å². The SMILES string of the molecule is O=C([O-])CN1C(=O)C[C@H](Cc2ccc(Cl)cc2)C1=O. The first-order chi connectivity index (χ1) is 8.97. The largest absolute Gasteiger partial charge is 0.548 e. The Hall–Kier alpha value is -1.88. The highest BCUT2D eigenvalue weighted by atomic mass is 35.5.